The molecule has 0 aromatic heterocycles. The molecule has 1 fully saturated rings. The smallest absolute Gasteiger partial charge is 0.168 e. The topological polar surface area (TPSA) is 35.5 Å². The minimum atomic E-state index is -0.606. The van der Waals surface area contributed by atoms with Crippen LogP contribution in [0.5, 0.6) is 0 Å². The standard InChI is InChI=1S/C13H22O3/c1-4-11(3)10-12(14)13(16-5-2)6-8-15-9-7-13/h3-10H2,1-2H3. The van der Waals surface area contributed by atoms with Crippen molar-refractivity contribution in [2.45, 2.75) is 45.1 Å². The van der Waals surface area contributed by atoms with Gasteiger partial charge in [0.15, 0.2) is 5.78 Å². The zero-order valence-corrected chi connectivity index (χ0v) is 10.4. The van der Waals surface area contributed by atoms with Crippen LogP contribution in [-0.2, 0) is 14.3 Å². The van der Waals surface area contributed by atoms with Crippen LogP contribution in [0.4, 0.5) is 0 Å². The molecule has 0 unspecified atom stereocenters. The van der Waals surface area contributed by atoms with Crippen LogP contribution in [0.2, 0.25) is 0 Å². The Morgan fingerprint density at radius 3 is 2.50 bits per heavy atom. The number of ether oxygens (including phenoxy) is 2. The molecule has 92 valence electrons. The van der Waals surface area contributed by atoms with E-state index in [1.807, 2.05) is 13.8 Å². The van der Waals surface area contributed by atoms with Crippen molar-refractivity contribution in [3.8, 4) is 0 Å². The van der Waals surface area contributed by atoms with E-state index in [0.29, 0.717) is 39.1 Å². The largest absolute Gasteiger partial charge is 0.381 e. The molecule has 0 aliphatic carbocycles. The maximum absolute atomic E-state index is 12.2. The summed E-state index contributed by atoms with van der Waals surface area (Å²) in [5.74, 6) is 0.171. The van der Waals surface area contributed by atoms with Crippen molar-refractivity contribution in [3.63, 3.8) is 0 Å². The zero-order chi connectivity index (χ0) is 12.0. The molecule has 1 aliphatic rings. The molecule has 1 aliphatic heterocycles. The van der Waals surface area contributed by atoms with Crippen LogP contribution in [0.1, 0.15) is 39.5 Å². The summed E-state index contributed by atoms with van der Waals surface area (Å²) in [5, 5.41) is 0. The van der Waals surface area contributed by atoms with E-state index >= 15 is 0 Å². The quantitative estimate of drug-likeness (QED) is 0.653. The van der Waals surface area contributed by atoms with Crippen molar-refractivity contribution in [3.05, 3.63) is 12.2 Å². The van der Waals surface area contributed by atoms with Gasteiger partial charge in [-0.15, -0.1) is 0 Å². The van der Waals surface area contributed by atoms with Gasteiger partial charge in [0.1, 0.15) is 5.60 Å². The molecule has 0 radical (unpaired) electrons. The van der Waals surface area contributed by atoms with E-state index in [0.717, 1.165) is 12.0 Å². The third-order valence-electron chi connectivity index (χ3n) is 3.14. The highest BCUT2D eigenvalue weighted by Gasteiger charge is 2.40. The minimum Gasteiger partial charge on any atom is -0.381 e. The molecule has 3 heteroatoms. The lowest BCUT2D eigenvalue weighted by atomic mass is 9.86. The number of hydrogen-bond donors (Lipinski definition) is 0. The molecule has 0 bridgehead atoms. The minimum absolute atomic E-state index is 0.171. The number of carbonyl (C=O) groups is 1. The fourth-order valence-corrected chi connectivity index (χ4v) is 1.99. The molecular formula is C13H22O3. The molecule has 0 aromatic carbocycles. The molecule has 1 saturated heterocycles. The predicted octanol–water partition coefficient (Wildman–Crippen LogP) is 2.50. The first-order valence-electron chi connectivity index (χ1n) is 6.06. The van der Waals surface area contributed by atoms with E-state index in [1.165, 1.54) is 0 Å². The Morgan fingerprint density at radius 1 is 1.38 bits per heavy atom. The Kier molecular flexibility index (Phi) is 5.16. The summed E-state index contributed by atoms with van der Waals surface area (Å²) in [4.78, 5) is 12.2. The molecule has 0 atom stereocenters. The van der Waals surface area contributed by atoms with E-state index in [-0.39, 0.29) is 5.78 Å². The Bertz CT molecular complexity index is 246. The van der Waals surface area contributed by atoms with Gasteiger partial charge in [-0.25, -0.2) is 0 Å². The first kappa shape index (κ1) is 13.4. The third kappa shape index (κ3) is 3.16. The van der Waals surface area contributed by atoms with Crippen LogP contribution in [0.15, 0.2) is 12.2 Å². The maximum Gasteiger partial charge on any atom is 0.168 e. The van der Waals surface area contributed by atoms with Crippen LogP contribution in [0.25, 0.3) is 0 Å². The maximum atomic E-state index is 12.2. The van der Waals surface area contributed by atoms with Crippen LogP contribution in [-0.4, -0.2) is 31.2 Å². The van der Waals surface area contributed by atoms with E-state index < -0.39 is 5.60 Å². The molecule has 1 rings (SSSR count). The average molecular weight is 226 g/mol. The summed E-state index contributed by atoms with van der Waals surface area (Å²) in [6.07, 6.45) is 2.65. The summed E-state index contributed by atoms with van der Waals surface area (Å²) < 4.78 is 11.0. The molecule has 16 heavy (non-hydrogen) atoms. The van der Waals surface area contributed by atoms with Crippen molar-refractivity contribution in [2.24, 2.45) is 0 Å². The van der Waals surface area contributed by atoms with Crippen molar-refractivity contribution in [2.75, 3.05) is 19.8 Å². The fourth-order valence-electron chi connectivity index (χ4n) is 1.99. The van der Waals surface area contributed by atoms with Gasteiger partial charge in [0.25, 0.3) is 0 Å². The average Bonchev–Trinajstić information content (AvgIpc) is 2.30. The van der Waals surface area contributed by atoms with E-state index in [1.54, 1.807) is 0 Å². The second-order valence-electron chi connectivity index (χ2n) is 4.24. The highest BCUT2D eigenvalue weighted by atomic mass is 16.5. The van der Waals surface area contributed by atoms with Gasteiger partial charge in [0.2, 0.25) is 0 Å². The Balaban J connectivity index is 2.67. The molecule has 0 spiro atoms. The molecule has 0 amide bonds. The first-order chi connectivity index (χ1) is 7.64. The zero-order valence-electron chi connectivity index (χ0n) is 10.4. The van der Waals surface area contributed by atoms with Crippen LogP contribution in [0.3, 0.4) is 0 Å². The summed E-state index contributed by atoms with van der Waals surface area (Å²) in [7, 11) is 0. The van der Waals surface area contributed by atoms with Crippen molar-refractivity contribution in [1.29, 1.82) is 0 Å². The Morgan fingerprint density at radius 2 is 2.00 bits per heavy atom. The number of hydrogen-bond acceptors (Lipinski definition) is 3. The normalized spacial score (nSPS) is 19.4. The van der Waals surface area contributed by atoms with Gasteiger partial charge >= 0.3 is 0 Å². The second kappa shape index (κ2) is 6.16. The number of rotatable bonds is 6. The van der Waals surface area contributed by atoms with Crippen molar-refractivity contribution >= 4 is 5.78 Å². The molecule has 0 N–H and O–H groups in total. The van der Waals surface area contributed by atoms with Crippen LogP contribution in [0, 0.1) is 0 Å². The van der Waals surface area contributed by atoms with Crippen molar-refractivity contribution < 1.29 is 14.3 Å². The van der Waals surface area contributed by atoms with Gasteiger partial charge < -0.3 is 9.47 Å². The lowest BCUT2D eigenvalue weighted by Crippen LogP contribution is -2.46. The number of allylic oxidation sites excluding steroid dienone is 1. The molecule has 1 heterocycles. The second-order valence-corrected chi connectivity index (χ2v) is 4.24. The van der Waals surface area contributed by atoms with Gasteiger partial charge in [-0.2, -0.15) is 0 Å². The van der Waals surface area contributed by atoms with Gasteiger partial charge in [0.05, 0.1) is 0 Å². The summed E-state index contributed by atoms with van der Waals surface area (Å²) >= 11 is 0. The third-order valence-corrected chi connectivity index (χ3v) is 3.14. The van der Waals surface area contributed by atoms with Gasteiger partial charge in [-0.1, -0.05) is 19.1 Å². The summed E-state index contributed by atoms with van der Waals surface area (Å²) in [6.45, 7) is 9.65. The SMILES string of the molecule is C=C(CC)CC(=O)C1(OCC)CCOCC1. The monoisotopic (exact) mass is 226 g/mol. The number of ketones is 1. The predicted molar refractivity (Wildman–Crippen MR) is 63.5 cm³/mol. The lowest BCUT2D eigenvalue weighted by molar-refractivity contribution is -0.156. The van der Waals surface area contributed by atoms with E-state index in [4.69, 9.17) is 9.47 Å². The summed E-state index contributed by atoms with van der Waals surface area (Å²) in [6, 6.07) is 0. The van der Waals surface area contributed by atoms with Crippen LogP contribution >= 0.6 is 0 Å². The molecule has 0 saturated carbocycles. The lowest BCUT2D eigenvalue weighted by Gasteiger charge is -2.35. The van der Waals surface area contributed by atoms with Crippen molar-refractivity contribution in [1.82, 2.24) is 0 Å². The van der Waals surface area contributed by atoms with Gasteiger partial charge in [0, 0.05) is 39.1 Å². The molecule has 3 nitrogen and oxygen atoms in total. The molecular weight excluding hydrogens is 204 g/mol. The number of Topliss-reactive ketones (excluding diaryl/α,β-unsaturated/α-hetero) is 1. The van der Waals surface area contributed by atoms with Gasteiger partial charge in [-0.05, 0) is 13.3 Å². The first-order valence-corrected chi connectivity index (χ1v) is 6.06. The highest BCUT2D eigenvalue weighted by molar-refractivity contribution is 5.89. The van der Waals surface area contributed by atoms with E-state index in [9.17, 15) is 4.79 Å². The Labute approximate surface area is 97.8 Å². The Hall–Kier alpha value is -0.670. The summed E-state index contributed by atoms with van der Waals surface area (Å²) in [5.41, 5.74) is 0.376. The van der Waals surface area contributed by atoms with E-state index in [2.05, 4.69) is 6.58 Å². The van der Waals surface area contributed by atoms with Gasteiger partial charge in [-0.3, -0.25) is 4.79 Å². The highest BCUT2D eigenvalue weighted by Crippen LogP contribution is 2.28. The fraction of sp³-hybridized carbons (Fsp3) is 0.769. The van der Waals surface area contributed by atoms with Crippen LogP contribution < -0.4 is 0 Å². The molecule has 0 aromatic rings. The number of carbonyl (C=O) groups excluding carboxylic acids is 1.